The zero-order chi connectivity index (χ0) is 13.6. The van der Waals surface area contributed by atoms with Crippen LogP contribution in [0.1, 0.15) is 31.7 Å². The van der Waals surface area contributed by atoms with Crippen molar-refractivity contribution in [2.24, 2.45) is 0 Å². The van der Waals surface area contributed by atoms with Gasteiger partial charge in [0.2, 0.25) is 10.0 Å². The lowest BCUT2D eigenvalue weighted by molar-refractivity contribution is 0.307. The number of hydrogen-bond donors (Lipinski definition) is 1. The van der Waals surface area contributed by atoms with E-state index in [4.69, 9.17) is 0 Å². The van der Waals surface area contributed by atoms with Gasteiger partial charge in [0.1, 0.15) is 6.17 Å². The number of sulfonamides is 1. The lowest BCUT2D eigenvalue weighted by atomic mass is 10.2. The van der Waals surface area contributed by atoms with E-state index in [9.17, 15) is 12.8 Å². The van der Waals surface area contributed by atoms with E-state index in [0.717, 1.165) is 18.4 Å². The highest BCUT2D eigenvalue weighted by Gasteiger charge is 2.15. The summed E-state index contributed by atoms with van der Waals surface area (Å²) in [4.78, 5) is 0.177. The lowest BCUT2D eigenvalue weighted by Crippen LogP contribution is -2.30. The van der Waals surface area contributed by atoms with Crippen LogP contribution in [0.4, 0.5) is 4.39 Å². The standard InChI is InChI=1S/C13H20FNO2S/c1-3-4-5-12(14)10-15-18(16,17)13-8-6-11(2)7-9-13/h6-9,12,15H,3-5,10H2,1-2H3/t12-/m1/s1. The van der Waals surface area contributed by atoms with Gasteiger partial charge in [-0.3, -0.25) is 0 Å². The Morgan fingerprint density at radius 3 is 2.44 bits per heavy atom. The number of halogens is 1. The Labute approximate surface area is 108 Å². The van der Waals surface area contributed by atoms with Crippen molar-refractivity contribution in [3.63, 3.8) is 0 Å². The first-order chi connectivity index (χ1) is 8.45. The molecule has 5 heteroatoms. The summed E-state index contributed by atoms with van der Waals surface area (Å²) in [5, 5.41) is 0. The van der Waals surface area contributed by atoms with E-state index in [1.54, 1.807) is 12.1 Å². The summed E-state index contributed by atoms with van der Waals surface area (Å²) in [6, 6.07) is 6.49. The molecule has 0 heterocycles. The molecule has 1 atom stereocenters. The Morgan fingerprint density at radius 2 is 1.89 bits per heavy atom. The Kier molecular flexibility index (Phi) is 5.75. The molecule has 102 valence electrons. The maximum atomic E-state index is 13.4. The van der Waals surface area contributed by atoms with Crippen molar-refractivity contribution in [1.82, 2.24) is 4.72 Å². The molecule has 0 saturated carbocycles. The smallest absolute Gasteiger partial charge is 0.240 e. The van der Waals surface area contributed by atoms with Crippen molar-refractivity contribution in [2.75, 3.05) is 6.54 Å². The molecule has 0 saturated heterocycles. The molecule has 1 aromatic rings. The van der Waals surface area contributed by atoms with Crippen LogP contribution in [-0.4, -0.2) is 21.1 Å². The van der Waals surface area contributed by atoms with Gasteiger partial charge in [0.25, 0.3) is 0 Å². The van der Waals surface area contributed by atoms with E-state index in [1.807, 2.05) is 13.8 Å². The second-order valence-corrected chi connectivity index (χ2v) is 6.17. The number of benzene rings is 1. The molecule has 0 bridgehead atoms. The van der Waals surface area contributed by atoms with Crippen LogP contribution in [0.25, 0.3) is 0 Å². The maximum absolute atomic E-state index is 13.4. The molecule has 0 radical (unpaired) electrons. The lowest BCUT2D eigenvalue weighted by Gasteiger charge is -2.10. The number of hydrogen-bond acceptors (Lipinski definition) is 2. The van der Waals surface area contributed by atoms with E-state index < -0.39 is 16.2 Å². The zero-order valence-corrected chi connectivity index (χ0v) is 11.6. The first-order valence-corrected chi connectivity index (χ1v) is 7.64. The van der Waals surface area contributed by atoms with Crippen LogP contribution < -0.4 is 4.72 Å². The topological polar surface area (TPSA) is 46.2 Å². The predicted octanol–water partition coefficient (Wildman–Crippen LogP) is 2.80. The van der Waals surface area contributed by atoms with Gasteiger partial charge in [-0.25, -0.2) is 17.5 Å². The minimum Gasteiger partial charge on any atom is -0.246 e. The molecule has 0 fully saturated rings. The quantitative estimate of drug-likeness (QED) is 0.830. The number of nitrogens with one attached hydrogen (secondary N) is 1. The van der Waals surface area contributed by atoms with Gasteiger partial charge in [-0.2, -0.15) is 0 Å². The first-order valence-electron chi connectivity index (χ1n) is 6.16. The van der Waals surface area contributed by atoms with Crippen molar-refractivity contribution in [3.8, 4) is 0 Å². The van der Waals surface area contributed by atoms with Gasteiger partial charge >= 0.3 is 0 Å². The number of alkyl halides is 1. The molecular weight excluding hydrogens is 253 g/mol. The Balaban J connectivity index is 2.57. The summed E-state index contributed by atoms with van der Waals surface area (Å²) in [6.45, 7) is 3.70. The number of unbranched alkanes of at least 4 members (excludes halogenated alkanes) is 1. The summed E-state index contributed by atoms with van der Waals surface area (Å²) >= 11 is 0. The number of aryl methyl sites for hydroxylation is 1. The fourth-order valence-electron chi connectivity index (χ4n) is 1.53. The molecule has 1 N–H and O–H groups in total. The van der Waals surface area contributed by atoms with Crippen LogP contribution in [0.3, 0.4) is 0 Å². The van der Waals surface area contributed by atoms with Crippen LogP contribution in [0.15, 0.2) is 29.2 Å². The normalized spacial score (nSPS) is 13.5. The largest absolute Gasteiger partial charge is 0.246 e. The van der Waals surface area contributed by atoms with Crippen LogP contribution in [0, 0.1) is 6.92 Å². The Morgan fingerprint density at radius 1 is 1.28 bits per heavy atom. The zero-order valence-electron chi connectivity index (χ0n) is 10.8. The minimum atomic E-state index is -3.59. The summed E-state index contributed by atoms with van der Waals surface area (Å²) in [5.74, 6) is 0. The first kappa shape index (κ1) is 15.1. The fraction of sp³-hybridized carbons (Fsp3) is 0.538. The number of rotatable bonds is 7. The molecule has 0 amide bonds. The maximum Gasteiger partial charge on any atom is 0.240 e. The summed E-state index contributed by atoms with van der Waals surface area (Å²) in [6.07, 6.45) is 0.955. The SMILES string of the molecule is CCCC[C@@H](F)CNS(=O)(=O)c1ccc(C)cc1. The van der Waals surface area contributed by atoms with E-state index in [1.165, 1.54) is 12.1 Å². The molecule has 1 rings (SSSR count). The highest BCUT2D eigenvalue weighted by atomic mass is 32.2. The van der Waals surface area contributed by atoms with Crippen molar-refractivity contribution in [1.29, 1.82) is 0 Å². The fourth-order valence-corrected chi connectivity index (χ4v) is 2.59. The third-order valence-corrected chi connectivity index (χ3v) is 4.14. The van der Waals surface area contributed by atoms with Gasteiger partial charge in [0.15, 0.2) is 0 Å². The third kappa shape index (κ3) is 4.74. The van der Waals surface area contributed by atoms with Crippen LogP contribution in [0.5, 0.6) is 0 Å². The van der Waals surface area contributed by atoms with E-state index >= 15 is 0 Å². The van der Waals surface area contributed by atoms with Gasteiger partial charge in [0, 0.05) is 6.54 Å². The average Bonchev–Trinajstić information content (AvgIpc) is 2.34. The van der Waals surface area contributed by atoms with Crippen LogP contribution in [0.2, 0.25) is 0 Å². The summed E-state index contributed by atoms with van der Waals surface area (Å²) < 4.78 is 39.4. The highest BCUT2D eigenvalue weighted by Crippen LogP contribution is 2.11. The molecule has 0 aromatic heterocycles. The molecule has 3 nitrogen and oxygen atoms in total. The molecule has 0 aliphatic carbocycles. The van der Waals surface area contributed by atoms with Crippen molar-refractivity contribution in [2.45, 2.75) is 44.2 Å². The predicted molar refractivity (Wildman–Crippen MR) is 70.8 cm³/mol. The van der Waals surface area contributed by atoms with Crippen molar-refractivity contribution in [3.05, 3.63) is 29.8 Å². The van der Waals surface area contributed by atoms with E-state index in [0.29, 0.717) is 6.42 Å². The molecule has 0 aliphatic rings. The highest BCUT2D eigenvalue weighted by molar-refractivity contribution is 7.89. The van der Waals surface area contributed by atoms with Gasteiger partial charge in [0.05, 0.1) is 4.90 Å². The van der Waals surface area contributed by atoms with Gasteiger partial charge in [-0.1, -0.05) is 37.5 Å². The summed E-state index contributed by atoms with van der Waals surface area (Å²) in [5.41, 5.74) is 0.986. The van der Waals surface area contributed by atoms with E-state index in [2.05, 4.69) is 4.72 Å². The van der Waals surface area contributed by atoms with E-state index in [-0.39, 0.29) is 11.4 Å². The molecule has 0 spiro atoms. The summed E-state index contributed by atoms with van der Waals surface area (Å²) in [7, 11) is -3.59. The molecule has 18 heavy (non-hydrogen) atoms. The van der Waals surface area contributed by atoms with Crippen LogP contribution in [-0.2, 0) is 10.0 Å². The van der Waals surface area contributed by atoms with Crippen LogP contribution >= 0.6 is 0 Å². The Hall–Kier alpha value is -0.940. The third-order valence-electron chi connectivity index (χ3n) is 2.70. The molecule has 0 unspecified atom stereocenters. The van der Waals surface area contributed by atoms with Gasteiger partial charge < -0.3 is 0 Å². The van der Waals surface area contributed by atoms with Gasteiger partial charge in [-0.15, -0.1) is 0 Å². The second kappa shape index (κ2) is 6.85. The molecule has 0 aliphatic heterocycles. The average molecular weight is 273 g/mol. The Bertz CT molecular complexity index is 456. The minimum absolute atomic E-state index is 0.157. The molecular formula is C13H20FNO2S. The second-order valence-electron chi connectivity index (χ2n) is 4.40. The molecule has 1 aromatic carbocycles. The monoisotopic (exact) mass is 273 g/mol. The van der Waals surface area contributed by atoms with Crippen molar-refractivity contribution >= 4 is 10.0 Å². The van der Waals surface area contributed by atoms with Crippen molar-refractivity contribution < 1.29 is 12.8 Å². The van der Waals surface area contributed by atoms with Gasteiger partial charge in [-0.05, 0) is 25.5 Å².